The maximum absolute atomic E-state index is 12.8. The molecule has 0 unspecified atom stereocenters. The van der Waals surface area contributed by atoms with Gasteiger partial charge in [-0.1, -0.05) is 0 Å². The molecule has 116 valence electrons. The Hall–Kier alpha value is -2.63. The molecule has 0 spiro atoms. The highest BCUT2D eigenvalue weighted by Crippen LogP contribution is 2.20. The molecule has 0 aliphatic rings. The number of pyridine rings is 1. The van der Waals surface area contributed by atoms with Crippen molar-refractivity contribution in [1.82, 2.24) is 9.88 Å². The lowest BCUT2D eigenvalue weighted by Crippen LogP contribution is -2.34. The molecule has 5 nitrogen and oxygen atoms in total. The van der Waals surface area contributed by atoms with Crippen molar-refractivity contribution < 1.29 is 13.9 Å². The molecule has 1 heterocycles. The maximum atomic E-state index is 12.8. The molecule has 1 aromatic heterocycles. The van der Waals surface area contributed by atoms with Crippen molar-refractivity contribution in [3.8, 4) is 11.6 Å². The van der Waals surface area contributed by atoms with E-state index in [0.717, 1.165) is 0 Å². The van der Waals surface area contributed by atoms with Gasteiger partial charge in [-0.2, -0.15) is 0 Å². The van der Waals surface area contributed by atoms with E-state index >= 15 is 0 Å². The summed E-state index contributed by atoms with van der Waals surface area (Å²) < 4.78 is 18.3. The number of anilines is 1. The van der Waals surface area contributed by atoms with Crippen LogP contribution in [0.5, 0.6) is 11.6 Å². The summed E-state index contributed by atoms with van der Waals surface area (Å²) in [4.78, 5) is 17.7. The number of nitrogens with zero attached hydrogens (tertiary/aromatic N) is 2. The van der Waals surface area contributed by atoms with E-state index in [1.54, 1.807) is 17.0 Å². The average Bonchev–Trinajstić information content (AvgIpc) is 2.53. The van der Waals surface area contributed by atoms with Crippen molar-refractivity contribution in [2.45, 2.75) is 13.8 Å². The lowest BCUT2D eigenvalue weighted by atomic mass is 10.3. The maximum Gasteiger partial charge on any atom is 0.321 e. The molecule has 1 N–H and O–H groups in total. The van der Waals surface area contributed by atoms with Gasteiger partial charge in [-0.25, -0.2) is 14.2 Å². The Kier molecular flexibility index (Phi) is 5.30. The third kappa shape index (κ3) is 4.18. The second-order valence-electron chi connectivity index (χ2n) is 4.54. The Morgan fingerprint density at radius 1 is 1.18 bits per heavy atom. The normalized spacial score (nSPS) is 10.1. The lowest BCUT2D eigenvalue weighted by Gasteiger charge is -2.19. The van der Waals surface area contributed by atoms with Gasteiger partial charge in [0.2, 0.25) is 5.88 Å². The smallest absolute Gasteiger partial charge is 0.321 e. The van der Waals surface area contributed by atoms with E-state index in [1.807, 2.05) is 13.8 Å². The standard InChI is InChI=1S/C16H18FN3O2/c1-3-20(4-2)16(21)19-13-7-10-15(18-11-13)22-14-8-5-12(17)6-9-14/h5-11H,3-4H2,1-2H3,(H,19,21). The number of hydrogen-bond acceptors (Lipinski definition) is 3. The van der Waals surface area contributed by atoms with Crippen LogP contribution in [-0.4, -0.2) is 29.0 Å². The zero-order valence-corrected chi connectivity index (χ0v) is 12.5. The van der Waals surface area contributed by atoms with Crippen LogP contribution in [0.25, 0.3) is 0 Å². The Labute approximate surface area is 128 Å². The minimum atomic E-state index is -0.324. The van der Waals surface area contributed by atoms with Gasteiger partial charge >= 0.3 is 6.03 Å². The second kappa shape index (κ2) is 7.40. The Bertz CT molecular complexity index is 610. The van der Waals surface area contributed by atoms with Crippen molar-refractivity contribution >= 4 is 11.7 Å². The number of ether oxygens (including phenoxy) is 1. The zero-order chi connectivity index (χ0) is 15.9. The van der Waals surface area contributed by atoms with Gasteiger partial charge in [-0.05, 0) is 44.2 Å². The fraction of sp³-hybridized carbons (Fsp3) is 0.250. The number of carbonyl (C=O) groups excluding carboxylic acids is 1. The molecule has 0 bridgehead atoms. The van der Waals surface area contributed by atoms with Crippen LogP contribution in [0.3, 0.4) is 0 Å². The van der Waals surface area contributed by atoms with E-state index in [0.29, 0.717) is 30.4 Å². The first-order chi connectivity index (χ1) is 10.6. The minimum absolute atomic E-state index is 0.168. The summed E-state index contributed by atoms with van der Waals surface area (Å²) in [6.07, 6.45) is 1.51. The molecular weight excluding hydrogens is 285 g/mol. The van der Waals surface area contributed by atoms with Crippen LogP contribution in [0, 0.1) is 5.82 Å². The van der Waals surface area contributed by atoms with Crippen LogP contribution in [-0.2, 0) is 0 Å². The van der Waals surface area contributed by atoms with Crippen LogP contribution in [0.15, 0.2) is 42.6 Å². The number of hydrogen-bond donors (Lipinski definition) is 1. The fourth-order valence-corrected chi connectivity index (χ4v) is 1.85. The van der Waals surface area contributed by atoms with Crippen molar-refractivity contribution in [3.63, 3.8) is 0 Å². The number of halogens is 1. The van der Waals surface area contributed by atoms with Crippen LogP contribution < -0.4 is 10.1 Å². The Morgan fingerprint density at radius 2 is 1.86 bits per heavy atom. The van der Waals surface area contributed by atoms with E-state index < -0.39 is 0 Å². The monoisotopic (exact) mass is 303 g/mol. The van der Waals surface area contributed by atoms with Crippen LogP contribution >= 0.6 is 0 Å². The molecule has 6 heteroatoms. The van der Waals surface area contributed by atoms with Gasteiger partial charge in [-0.3, -0.25) is 0 Å². The first-order valence-corrected chi connectivity index (χ1v) is 7.07. The number of nitrogens with one attached hydrogen (secondary N) is 1. The number of aromatic nitrogens is 1. The molecule has 0 radical (unpaired) electrons. The van der Waals surface area contributed by atoms with Crippen LogP contribution in [0.1, 0.15) is 13.8 Å². The molecular formula is C16H18FN3O2. The van der Waals surface area contributed by atoms with Crippen molar-refractivity contribution in [1.29, 1.82) is 0 Å². The predicted octanol–water partition coefficient (Wildman–Crippen LogP) is 3.89. The highest BCUT2D eigenvalue weighted by Gasteiger charge is 2.09. The summed E-state index contributed by atoms with van der Waals surface area (Å²) in [5, 5.41) is 2.76. The highest BCUT2D eigenvalue weighted by atomic mass is 19.1. The predicted molar refractivity (Wildman–Crippen MR) is 82.7 cm³/mol. The molecule has 2 amide bonds. The van der Waals surface area contributed by atoms with E-state index in [9.17, 15) is 9.18 Å². The third-order valence-corrected chi connectivity index (χ3v) is 3.07. The van der Waals surface area contributed by atoms with Crippen molar-refractivity contribution in [2.75, 3.05) is 18.4 Å². The van der Waals surface area contributed by atoms with Crippen LogP contribution in [0.4, 0.5) is 14.9 Å². The summed E-state index contributed by atoms with van der Waals surface area (Å²) in [5.41, 5.74) is 0.586. The van der Waals surface area contributed by atoms with Gasteiger partial charge < -0.3 is 15.0 Å². The summed E-state index contributed by atoms with van der Waals surface area (Å²) in [6, 6.07) is 8.84. The molecule has 1 aromatic carbocycles. The van der Waals surface area contributed by atoms with Crippen LogP contribution in [0.2, 0.25) is 0 Å². The third-order valence-electron chi connectivity index (χ3n) is 3.07. The number of benzene rings is 1. The summed E-state index contributed by atoms with van der Waals surface area (Å²) in [5.74, 6) is 0.538. The fourth-order valence-electron chi connectivity index (χ4n) is 1.85. The molecule has 22 heavy (non-hydrogen) atoms. The van der Waals surface area contributed by atoms with Gasteiger partial charge in [0.25, 0.3) is 0 Å². The lowest BCUT2D eigenvalue weighted by molar-refractivity contribution is 0.217. The van der Waals surface area contributed by atoms with Crippen molar-refractivity contribution in [3.05, 3.63) is 48.4 Å². The largest absolute Gasteiger partial charge is 0.439 e. The number of amides is 2. The van der Waals surface area contributed by atoms with Crippen molar-refractivity contribution in [2.24, 2.45) is 0 Å². The second-order valence-corrected chi connectivity index (χ2v) is 4.54. The first-order valence-electron chi connectivity index (χ1n) is 7.07. The van der Waals surface area contributed by atoms with Gasteiger partial charge in [0.1, 0.15) is 11.6 Å². The molecule has 0 fully saturated rings. The summed E-state index contributed by atoms with van der Waals surface area (Å²) in [6.45, 7) is 5.12. The zero-order valence-electron chi connectivity index (χ0n) is 12.5. The topological polar surface area (TPSA) is 54.5 Å². The van der Waals surface area contributed by atoms with E-state index in [-0.39, 0.29) is 11.8 Å². The summed E-state index contributed by atoms with van der Waals surface area (Å²) >= 11 is 0. The Morgan fingerprint density at radius 3 is 2.41 bits per heavy atom. The first kappa shape index (κ1) is 15.8. The van der Waals surface area contributed by atoms with E-state index in [1.165, 1.54) is 30.5 Å². The Balaban J connectivity index is 1.98. The SMILES string of the molecule is CCN(CC)C(=O)Nc1ccc(Oc2ccc(F)cc2)nc1. The molecule has 0 aliphatic heterocycles. The minimum Gasteiger partial charge on any atom is -0.439 e. The molecule has 0 atom stereocenters. The molecule has 0 saturated carbocycles. The quantitative estimate of drug-likeness (QED) is 0.911. The highest BCUT2D eigenvalue weighted by molar-refractivity contribution is 5.89. The van der Waals surface area contributed by atoms with Gasteiger partial charge in [0, 0.05) is 19.2 Å². The molecule has 0 saturated heterocycles. The van der Waals surface area contributed by atoms with Gasteiger partial charge in [0.15, 0.2) is 0 Å². The molecule has 2 rings (SSSR count). The van der Waals surface area contributed by atoms with Gasteiger partial charge in [-0.15, -0.1) is 0 Å². The number of rotatable bonds is 5. The van der Waals surface area contributed by atoms with E-state index in [2.05, 4.69) is 10.3 Å². The summed E-state index contributed by atoms with van der Waals surface area (Å²) in [7, 11) is 0. The average molecular weight is 303 g/mol. The number of urea groups is 1. The number of carbonyl (C=O) groups is 1. The molecule has 2 aromatic rings. The van der Waals surface area contributed by atoms with Gasteiger partial charge in [0.05, 0.1) is 11.9 Å². The molecule has 0 aliphatic carbocycles. The van der Waals surface area contributed by atoms with E-state index in [4.69, 9.17) is 4.74 Å².